The van der Waals surface area contributed by atoms with E-state index >= 15 is 0 Å². The zero-order valence-corrected chi connectivity index (χ0v) is 14.6. The van der Waals surface area contributed by atoms with Crippen molar-refractivity contribution in [3.63, 3.8) is 0 Å². The van der Waals surface area contributed by atoms with E-state index in [-0.39, 0.29) is 24.7 Å². The van der Waals surface area contributed by atoms with Crippen LogP contribution in [0, 0.1) is 0 Å². The number of carbonyl (C=O) groups excluding carboxylic acids is 2. The summed E-state index contributed by atoms with van der Waals surface area (Å²) >= 11 is 0. The van der Waals surface area contributed by atoms with Crippen molar-refractivity contribution in [1.29, 1.82) is 0 Å². The van der Waals surface area contributed by atoms with Gasteiger partial charge in [-0.25, -0.2) is 4.79 Å². The number of nitrogens with zero attached hydrogens (tertiary/aromatic N) is 1. The summed E-state index contributed by atoms with van der Waals surface area (Å²) in [6.45, 7) is 0.725. The third-order valence-electron chi connectivity index (χ3n) is 4.29. The topological polar surface area (TPSA) is 55.6 Å². The fourth-order valence-electron chi connectivity index (χ4n) is 2.98. The Balaban J connectivity index is 1.65. The highest BCUT2D eigenvalue weighted by molar-refractivity contribution is 5.82. The maximum atomic E-state index is 12.5. The molecular weight excluding hydrogens is 330 g/mol. The lowest BCUT2D eigenvalue weighted by molar-refractivity contribution is -0.143. The summed E-state index contributed by atoms with van der Waals surface area (Å²) in [6, 6.07) is 19.7. The van der Waals surface area contributed by atoms with Crippen LogP contribution in [0.5, 0.6) is 0 Å². The third-order valence-corrected chi connectivity index (χ3v) is 4.29. The van der Waals surface area contributed by atoms with Crippen LogP contribution in [0.4, 0.5) is 0 Å². The summed E-state index contributed by atoms with van der Waals surface area (Å²) in [6.07, 6.45) is 2.72. The second-order valence-electron chi connectivity index (χ2n) is 6.01. The van der Waals surface area contributed by atoms with Crippen LogP contribution in [0.15, 0.2) is 72.8 Å². The number of esters is 2. The Labute approximate surface area is 152 Å². The van der Waals surface area contributed by atoms with Crippen LogP contribution < -0.4 is 0 Å². The van der Waals surface area contributed by atoms with Crippen molar-refractivity contribution in [2.24, 2.45) is 0 Å². The molecule has 0 N–H and O–H groups in total. The Morgan fingerprint density at radius 1 is 1.04 bits per heavy atom. The molecule has 1 fully saturated rings. The Morgan fingerprint density at radius 2 is 1.69 bits per heavy atom. The zero-order valence-electron chi connectivity index (χ0n) is 14.6. The lowest BCUT2D eigenvalue weighted by atomic mass is 10.1. The van der Waals surface area contributed by atoms with E-state index in [0.717, 1.165) is 11.1 Å². The van der Waals surface area contributed by atoms with Crippen LogP contribution in [0.1, 0.15) is 17.2 Å². The van der Waals surface area contributed by atoms with Crippen molar-refractivity contribution >= 4 is 11.9 Å². The molecule has 5 heteroatoms. The Kier molecular flexibility index (Phi) is 5.81. The molecule has 0 bridgehead atoms. The fourth-order valence-corrected chi connectivity index (χ4v) is 2.98. The summed E-state index contributed by atoms with van der Waals surface area (Å²) in [5.41, 5.74) is 2.24. The number of carbonyl (C=O) groups is 2. The molecule has 0 radical (unpaired) electrons. The average molecular weight is 351 g/mol. The molecule has 5 nitrogen and oxygen atoms in total. The van der Waals surface area contributed by atoms with E-state index in [1.807, 2.05) is 60.7 Å². The number of rotatable bonds is 7. The molecule has 134 valence electrons. The molecule has 1 heterocycles. The molecule has 1 saturated heterocycles. The van der Waals surface area contributed by atoms with Gasteiger partial charge in [0.2, 0.25) is 0 Å². The van der Waals surface area contributed by atoms with Gasteiger partial charge in [-0.1, -0.05) is 60.7 Å². The minimum Gasteiger partial charge on any atom is -0.466 e. The second kappa shape index (κ2) is 8.45. The Bertz CT molecular complexity index is 773. The van der Waals surface area contributed by atoms with Gasteiger partial charge in [-0.2, -0.15) is 0 Å². The molecule has 0 saturated carbocycles. The number of benzene rings is 2. The first-order chi connectivity index (χ1) is 12.7. The predicted octanol–water partition coefficient (Wildman–Crippen LogP) is 2.88. The Hall–Kier alpha value is -2.92. The van der Waals surface area contributed by atoms with Crippen molar-refractivity contribution < 1.29 is 19.1 Å². The van der Waals surface area contributed by atoms with Crippen LogP contribution in [-0.4, -0.2) is 36.6 Å². The standard InChI is InChI=1S/C21H21NO4/c1-25-18(23)13-8-14-26-21(24)20-19(17-11-6-3-7-12-17)22(20)15-16-9-4-2-5-10-16/h2-13,19-20H,14-15H2,1H3/b13-8+/t19-,20-,22?/m1/s1. The summed E-state index contributed by atoms with van der Waals surface area (Å²) < 4.78 is 9.81. The van der Waals surface area contributed by atoms with Crippen LogP contribution in [0.25, 0.3) is 0 Å². The predicted molar refractivity (Wildman–Crippen MR) is 97.1 cm³/mol. The van der Waals surface area contributed by atoms with E-state index < -0.39 is 5.97 Å². The first-order valence-electron chi connectivity index (χ1n) is 8.46. The quantitative estimate of drug-likeness (QED) is 0.436. The number of hydrogen-bond acceptors (Lipinski definition) is 5. The van der Waals surface area contributed by atoms with Gasteiger partial charge < -0.3 is 9.47 Å². The van der Waals surface area contributed by atoms with Crippen LogP contribution in [-0.2, 0) is 25.6 Å². The number of hydrogen-bond donors (Lipinski definition) is 0. The first-order valence-corrected chi connectivity index (χ1v) is 8.46. The van der Waals surface area contributed by atoms with Gasteiger partial charge in [-0.3, -0.25) is 9.69 Å². The maximum absolute atomic E-state index is 12.5. The zero-order chi connectivity index (χ0) is 18.4. The van der Waals surface area contributed by atoms with Crippen LogP contribution in [0.2, 0.25) is 0 Å². The van der Waals surface area contributed by atoms with Crippen LogP contribution >= 0.6 is 0 Å². The smallest absolute Gasteiger partial charge is 0.330 e. The van der Waals surface area contributed by atoms with Crippen molar-refractivity contribution in [1.82, 2.24) is 4.90 Å². The van der Waals surface area contributed by atoms with Gasteiger partial charge in [-0.05, 0) is 17.2 Å². The van der Waals surface area contributed by atoms with E-state index in [1.165, 1.54) is 19.3 Å². The van der Waals surface area contributed by atoms with Crippen molar-refractivity contribution in [3.05, 3.63) is 83.9 Å². The molecule has 3 rings (SSSR count). The molecule has 2 aromatic carbocycles. The van der Waals surface area contributed by atoms with E-state index in [0.29, 0.717) is 6.54 Å². The maximum Gasteiger partial charge on any atom is 0.330 e. The van der Waals surface area contributed by atoms with E-state index in [4.69, 9.17) is 4.74 Å². The number of ether oxygens (including phenoxy) is 2. The van der Waals surface area contributed by atoms with Gasteiger partial charge >= 0.3 is 11.9 Å². The van der Waals surface area contributed by atoms with Crippen LogP contribution in [0.3, 0.4) is 0 Å². The van der Waals surface area contributed by atoms with Gasteiger partial charge in [-0.15, -0.1) is 0 Å². The van der Waals surface area contributed by atoms with Gasteiger partial charge in [0.05, 0.1) is 13.2 Å². The molecule has 0 aliphatic carbocycles. The molecule has 1 unspecified atom stereocenters. The third kappa shape index (κ3) is 4.37. The summed E-state index contributed by atoms with van der Waals surface area (Å²) in [5, 5.41) is 0. The van der Waals surface area contributed by atoms with Gasteiger partial charge in [0.25, 0.3) is 0 Å². The lowest BCUT2D eigenvalue weighted by Gasteiger charge is -2.04. The fraction of sp³-hybridized carbons (Fsp3) is 0.238. The largest absolute Gasteiger partial charge is 0.466 e. The summed E-state index contributed by atoms with van der Waals surface area (Å²) in [7, 11) is 1.30. The monoisotopic (exact) mass is 351 g/mol. The summed E-state index contributed by atoms with van der Waals surface area (Å²) in [4.78, 5) is 25.6. The highest BCUT2D eigenvalue weighted by Crippen LogP contribution is 2.44. The average Bonchev–Trinajstić information content (AvgIpc) is 3.40. The van der Waals surface area contributed by atoms with Gasteiger partial charge in [0, 0.05) is 12.6 Å². The van der Waals surface area contributed by atoms with E-state index in [1.54, 1.807) is 0 Å². The molecular formula is C21H21NO4. The lowest BCUT2D eigenvalue weighted by Crippen LogP contribution is -2.16. The minimum atomic E-state index is -0.472. The highest BCUT2D eigenvalue weighted by atomic mass is 16.5. The molecule has 26 heavy (non-hydrogen) atoms. The molecule has 2 aromatic rings. The highest BCUT2D eigenvalue weighted by Gasteiger charge is 2.54. The van der Waals surface area contributed by atoms with E-state index in [2.05, 4.69) is 9.64 Å². The van der Waals surface area contributed by atoms with Crippen molar-refractivity contribution in [3.8, 4) is 0 Å². The minimum absolute atomic E-state index is 0.00786. The molecule has 1 aliphatic heterocycles. The summed E-state index contributed by atoms with van der Waals surface area (Å²) in [5.74, 6) is -0.760. The second-order valence-corrected chi connectivity index (χ2v) is 6.01. The van der Waals surface area contributed by atoms with E-state index in [9.17, 15) is 9.59 Å². The SMILES string of the molecule is COC(=O)/C=C/COC(=O)[C@H]1[C@@H](c2ccccc2)N1Cc1ccccc1. The normalized spacial score (nSPS) is 21.3. The molecule has 0 amide bonds. The van der Waals surface area contributed by atoms with Crippen molar-refractivity contribution in [2.75, 3.05) is 13.7 Å². The molecule has 0 aromatic heterocycles. The number of methoxy groups -OCH3 is 1. The van der Waals surface area contributed by atoms with Gasteiger partial charge in [0.15, 0.2) is 0 Å². The molecule has 1 aliphatic rings. The first kappa shape index (κ1) is 17.9. The Morgan fingerprint density at radius 3 is 2.35 bits per heavy atom. The van der Waals surface area contributed by atoms with Gasteiger partial charge in [0.1, 0.15) is 12.6 Å². The van der Waals surface area contributed by atoms with Crippen molar-refractivity contribution in [2.45, 2.75) is 18.6 Å². The molecule has 3 atom stereocenters. The molecule has 0 spiro atoms.